The molecule has 4 heteroatoms. The molecule has 0 saturated carbocycles. The van der Waals surface area contributed by atoms with Gasteiger partial charge in [-0.05, 0) is 51.6 Å². The molecule has 0 amide bonds. The molecule has 0 radical (unpaired) electrons. The minimum atomic E-state index is 0.759. The van der Waals surface area contributed by atoms with Gasteiger partial charge in [-0.25, -0.2) is 0 Å². The van der Waals surface area contributed by atoms with Gasteiger partial charge in [0.25, 0.3) is 0 Å². The van der Waals surface area contributed by atoms with Gasteiger partial charge in [-0.2, -0.15) is 0 Å². The van der Waals surface area contributed by atoms with Crippen LogP contribution in [0.15, 0.2) is 81.7 Å². The monoisotopic (exact) mass is 483 g/mol. The molecular formula is C22H12Br2ClN. The Morgan fingerprint density at radius 2 is 1.54 bits per heavy atom. The van der Waals surface area contributed by atoms with E-state index in [9.17, 15) is 0 Å². The molecule has 5 aromatic rings. The molecule has 1 heterocycles. The zero-order chi connectivity index (χ0) is 17.8. The molecule has 0 aliphatic rings. The van der Waals surface area contributed by atoms with E-state index in [1.165, 1.54) is 10.8 Å². The van der Waals surface area contributed by atoms with E-state index in [1.54, 1.807) is 0 Å². The van der Waals surface area contributed by atoms with Crippen LogP contribution in [0.3, 0.4) is 0 Å². The topological polar surface area (TPSA) is 4.93 Å². The fraction of sp³-hybridized carbons (Fsp3) is 0. The van der Waals surface area contributed by atoms with Crippen LogP contribution in [0.2, 0.25) is 5.02 Å². The first-order chi connectivity index (χ1) is 12.6. The second-order valence-corrected chi connectivity index (χ2v) is 8.43. The van der Waals surface area contributed by atoms with Gasteiger partial charge in [0, 0.05) is 25.1 Å². The molecule has 0 bridgehead atoms. The predicted molar refractivity (Wildman–Crippen MR) is 119 cm³/mol. The number of aromatic nitrogens is 1. The maximum atomic E-state index is 6.62. The highest BCUT2D eigenvalue weighted by molar-refractivity contribution is 9.11. The molecule has 126 valence electrons. The fourth-order valence-electron chi connectivity index (χ4n) is 3.71. The van der Waals surface area contributed by atoms with E-state index >= 15 is 0 Å². The van der Waals surface area contributed by atoms with Crippen molar-refractivity contribution in [2.75, 3.05) is 0 Å². The smallest absolute Gasteiger partial charge is 0.0683 e. The Morgan fingerprint density at radius 3 is 2.38 bits per heavy atom. The third kappa shape index (κ3) is 2.34. The molecule has 4 aromatic carbocycles. The quantitative estimate of drug-likeness (QED) is 0.226. The normalized spacial score (nSPS) is 11.7. The van der Waals surface area contributed by atoms with Crippen LogP contribution in [-0.2, 0) is 0 Å². The van der Waals surface area contributed by atoms with Gasteiger partial charge in [-0.15, -0.1) is 0 Å². The number of rotatable bonds is 1. The van der Waals surface area contributed by atoms with Crippen LogP contribution < -0.4 is 0 Å². The lowest BCUT2D eigenvalue weighted by molar-refractivity contribution is 1.19. The number of fused-ring (bicyclic) bond motifs is 4. The summed E-state index contributed by atoms with van der Waals surface area (Å²) in [6, 6.07) is 25.1. The first-order valence-electron chi connectivity index (χ1n) is 8.21. The number of benzene rings is 4. The Balaban J connectivity index is 2.07. The number of nitrogens with zero attached hydrogens (tertiary/aromatic N) is 1. The van der Waals surface area contributed by atoms with E-state index < -0.39 is 0 Å². The summed E-state index contributed by atoms with van der Waals surface area (Å²) in [5.41, 5.74) is 3.37. The molecular weight excluding hydrogens is 474 g/mol. The van der Waals surface area contributed by atoms with Crippen molar-refractivity contribution >= 4 is 76.0 Å². The zero-order valence-corrected chi connectivity index (χ0v) is 17.4. The highest BCUT2D eigenvalue weighted by atomic mass is 79.9. The summed E-state index contributed by atoms with van der Waals surface area (Å²) in [5.74, 6) is 0. The van der Waals surface area contributed by atoms with Crippen LogP contribution in [0.25, 0.3) is 38.3 Å². The van der Waals surface area contributed by atoms with Crippen LogP contribution in [-0.4, -0.2) is 4.57 Å². The maximum absolute atomic E-state index is 6.62. The molecule has 1 nitrogen and oxygen atoms in total. The standard InChI is InChI=1S/C22H12Br2ClN/c23-14-10-11-15-16-6-3-7-17(24)22(16)26(20(15)12-14)19-9-2-5-13-4-1-8-18(25)21(13)19/h1-12H. The van der Waals surface area contributed by atoms with Crippen LogP contribution in [0.5, 0.6) is 0 Å². The average molecular weight is 486 g/mol. The third-order valence-electron chi connectivity index (χ3n) is 4.77. The van der Waals surface area contributed by atoms with Crippen LogP contribution in [0, 0.1) is 0 Å². The lowest BCUT2D eigenvalue weighted by Crippen LogP contribution is -1.96. The van der Waals surface area contributed by atoms with Crippen LogP contribution in [0.4, 0.5) is 0 Å². The molecule has 1 aromatic heterocycles. The molecule has 0 fully saturated rings. The highest BCUT2D eigenvalue weighted by Crippen LogP contribution is 2.40. The molecule has 26 heavy (non-hydrogen) atoms. The van der Waals surface area contributed by atoms with Crippen molar-refractivity contribution in [2.45, 2.75) is 0 Å². The molecule has 5 rings (SSSR count). The van der Waals surface area contributed by atoms with E-state index in [0.29, 0.717) is 0 Å². The first kappa shape index (κ1) is 16.4. The number of hydrogen-bond acceptors (Lipinski definition) is 0. The van der Waals surface area contributed by atoms with Gasteiger partial charge >= 0.3 is 0 Å². The average Bonchev–Trinajstić information content (AvgIpc) is 2.96. The number of para-hydroxylation sites is 1. The van der Waals surface area contributed by atoms with Gasteiger partial charge in [0.05, 0.1) is 21.7 Å². The van der Waals surface area contributed by atoms with Crippen LogP contribution >= 0.6 is 43.5 Å². The molecule has 0 N–H and O–H groups in total. The Hall–Kier alpha value is -1.81. The summed E-state index contributed by atoms with van der Waals surface area (Å²) in [6.07, 6.45) is 0. The van der Waals surface area contributed by atoms with E-state index in [-0.39, 0.29) is 0 Å². The van der Waals surface area contributed by atoms with Gasteiger partial charge in [0.1, 0.15) is 0 Å². The van der Waals surface area contributed by atoms with Gasteiger partial charge in [-0.1, -0.05) is 70.0 Å². The summed E-state index contributed by atoms with van der Waals surface area (Å²) in [7, 11) is 0. The molecule has 0 aliphatic carbocycles. The fourth-order valence-corrected chi connectivity index (χ4v) is 4.88. The first-order valence-corrected chi connectivity index (χ1v) is 10.2. The largest absolute Gasteiger partial charge is 0.307 e. The third-order valence-corrected chi connectivity index (χ3v) is 6.22. The van der Waals surface area contributed by atoms with Crippen molar-refractivity contribution in [1.82, 2.24) is 4.57 Å². The highest BCUT2D eigenvalue weighted by Gasteiger charge is 2.17. The van der Waals surface area contributed by atoms with Crippen molar-refractivity contribution in [2.24, 2.45) is 0 Å². The Kier molecular flexibility index (Phi) is 3.85. The lowest BCUT2D eigenvalue weighted by atomic mass is 10.1. The number of hydrogen-bond donors (Lipinski definition) is 0. The van der Waals surface area contributed by atoms with E-state index in [2.05, 4.69) is 97.1 Å². The van der Waals surface area contributed by atoms with Crippen molar-refractivity contribution < 1.29 is 0 Å². The zero-order valence-electron chi connectivity index (χ0n) is 13.5. The molecule has 0 spiro atoms. The Bertz CT molecular complexity index is 1320. The number of halogens is 3. The molecule has 0 unspecified atom stereocenters. The second kappa shape index (κ2) is 6.12. The van der Waals surface area contributed by atoms with Crippen molar-refractivity contribution in [1.29, 1.82) is 0 Å². The van der Waals surface area contributed by atoms with Gasteiger partial charge < -0.3 is 4.57 Å². The SMILES string of the molecule is Clc1cccc2cccc(-n3c4cc(Br)ccc4c4cccc(Br)c43)c12. The molecule has 0 saturated heterocycles. The van der Waals surface area contributed by atoms with E-state index in [4.69, 9.17) is 11.6 Å². The Morgan fingerprint density at radius 1 is 0.769 bits per heavy atom. The molecule has 0 aliphatic heterocycles. The summed E-state index contributed by atoms with van der Waals surface area (Å²) < 4.78 is 4.41. The Labute approximate surface area is 172 Å². The van der Waals surface area contributed by atoms with E-state index in [0.717, 1.165) is 41.5 Å². The van der Waals surface area contributed by atoms with E-state index in [1.807, 2.05) is 12.1 Å². The van der Waals surface area contributed by atoms with Gasteiger partial charge in [0.2, 0.25) is 0 Å². The van der Waals surface area contributed by atoms with Crippen molar-refractivity contribution in [3.63, 3.8) is 0 Å². The van der Waals surface area contributed by atoms with Gasteiger partial charge in [-0.3, -0.25) is 0 Å². The lowest BCUT2D eigenvalue weighted by Gasteiger charge is -2.13. The summed E-state index contributed by atoms with van der Waals surface area (Å²) in [6.45, 7) is 0. The second-order valence-electron chi connectivity index (χ2n) is 6.25. The molecule has 0 atom stereocenters. The van der Waals surface area contributed by atoms with Gasteiger partial charge in [0.15, 0.2) is 0 Å². The van der Waals surface area contributed by atoms with Crippen LogP contribution in [0.1, 0.15) is 0 Å². The minimum absolute atomic E-state index is 0.759. The van der Waals surface area contributed by atoms with Crippen molar-refractivity contribution in [3.05, 3.63) is 86.8 Å². The summed E-state index contributed by atoms with van der Waals surface area (Å²) in [4.78, 5) is 0. The maximum Gasteiger partial charge on any atom is 0.0683 e. The van der Waals surface area contributed by atoms with Crippen molar-refractivity contribution in [3.8, 4) is 5.69 Å². The summed E-state index contributed by atoms with van der Waals surface area (Å²) >= 11 is 14.0. The summed E-state index contributed by atoms with van der Waals surface area (Å²) in [5, 5.41) is 5.38. The minimum Gasteiger partial charge on any atom is -0.307 e. The predicted octanol–water partition coefficient (Wildman–Crippen LogP) is 8.12.